The van der Waals surface area contributed by atoms with E-state index in [9.17, 15) is 13.2 Å². The number of sulfonamides is 1. The van der Waals surface area contributed by atoms with Gasteiger partial charge in [-0.2, -0.15) is 0 Å². The monoisotopic (exact) mass is 334 g/mol. The number of hydrogen-bond donors (Lipinski definition) is 2. The number of aryl methyl sites for hydroxylation is 1. The Labute approximate surface area is 135 Å². The highest BCUT2D eigenvalue weighted by molar-refractivity contribution is 7.89. The first-order chi connectivity index (χ1) is 10.7. The standard InChI is InChI=1S/C16H18N2O4S/c1-10-8-12(9-15(11(10)2)23(17,20)21)16(19)18-13-4-6-14(22-3)7-5-13/h4-9H,1-3H3,(H,18,19)(H2,17,20,21). The van der Waals surface area contributed by atoms with Crippen LogP contribution in [-0.2, 0) is 10.0 Å². The Hall–Kier alpha value is -2.38. The van der Waals surface area contributed by atoms with Gasteiger partial charge < -0.3 is 10.1 Å². The summed E-state index contributed by atoms with van der Waals surface area (Å²) in [6.07, 6.45) is 0. The van der Waals surface area contributed by atoms with Crippen molar-refractivity contribution >= 4 is 21.6 Å². The van der Waals surface area contributed by atoms with Crippen molar-refractivity contribution in [1.29, 1.82) is 0 Å². The maximum atomic E-state index is 12.3. The lowest BCUT2D eigenvalue weighted by molar-refractivity contribution is 0.102. The fraction of sp³-hybridized carbons (Fsp3) is 0.188. The van der Waals surface area contributed by atoms with Crippen LogP contribution in [-0.4, -0.2) is 21.4 Å². The molecule has 2 aromatic carbocycles. The van der Waals surface area contributed by atoms with Gasteiger partial charge in [0.15, 0.2) is 0 Å². The summed E-state index contributed by atoms with van der Waals surface area (Å²) in [5.41, 5.74) is 2.02. The zero-order chi connectivity index (χ0) is 17.2. The minimum Gasteiger partial charge on any atom is -0.497 e. The first-order valence-corrected chi connectivity index (χ1v) is 8.36. The summed E-state index contributed by atoms with van der Waals surface area (Å²) in [5.74, 6) is 0.258. The molecule has 0 aliphatic carbocycles. The summed E-state index contributed by atoms with van der Waals surface area (Å²) in [4.78, 5) is 12.3. The molecule has 0 saturated carbocycles. The van der Waals surface area contributed by atoms with Gasteiger partial charge in [0.25, 0.3) is 5.91 Å². The molecule has 7 heteroatoms. The van der Waals surface area contributed by atoms with Crippen molar-refractivity contribution in [3.05, 3.63) is 53.1 Å². The fourth-order valence-electron chi connectivity index (χ4n) is 2.13. The maximum absolute atomic E-state index is 12.3. The molecular formula is C16H18N2O4S. The maximum Gasteiger partial charge on any atom is 0.255 e. The van der Waals surface area contributed by atoms with Crippen LogP contribution in [0.5, 0.6) is 5.75 Å². The second-order valence-corrected chi connectivity index (χ2v) is 6.67. The molecular weight excluding hydrogens is 316 g/mol. The SMILES string of the molecule is COc1ccc(NC(=O)c2cc(C)c(C)c(S(N)(=O)=O)c2)cc1. The van der Waals surface area contributed by atoms with E-state index in [0.29, 0.717) is 22.6 Å². The first kappa shape index (κ1) is 17.0. The largest absolute Gasteiger partial charge is 0.497 e. The van der Waals surface area contributed by atoms with Crippen LogP contribution >= 0.6 is 0 Å². The molecule has 122 valence electrons. The minimum absolute atomic E-state index is 0.0441. The van der Waals surface area contributed by atoms with Gasteiger partial charge in [0.1, 0.15) is 5.75 Å². The normalized spacial score (nSPS) is 11.1. The van der Waals surface area contributed by atoms with Crippen LogP contribution in [0.4, 0.5) is 5.69 Å². The van der Waals surface area contributed by atoms with Crippen molar-refractivity contribution in [3.8, 4) is 5.75 Å². The highest BCUT2D eigenvalue weighted by Gasteiger charge is 2.17. The Morgan fingerprint density at radius 3 is 2.26 bits per heavy atom. The van der Waals surface area contributed by atoms with Crippen molar-refractivity contribution in [1.82, 2.24) is 0 Å². The molecule has 0 aliphatic rings. The van der Waals surface area contributed by atoms with Crippen molar-refractivity contribution in [2.45, 2.75) is 18.7 Å². The van der Waals surface area contributed by atoms with Crippen molar-refractivity contribution < 1.29 is 17.9 Å². The van der Waals surface area contributed by atoms with Crippen LogP contribution in [0.15, 0.2) is 41.3 Å². The average Bonchev–Trinajstić information content (AvgIpc) is 2.49. The zero-order valence-corrected chi connectivity index (χ0v) is 13.9. The van der Waals surface area contributed by atoms with Gasteiger partial charge in [0.2, 0.25) is 10.0 Å². The Balaban J connectivity index is 2.34. The van der Waals surface area contributed by atoms with E-state index < -0.39 is 15.9 Å². The second-order valence-electron chi connectivity index (χ2n) is 5.14. The summed E-state index contributed by atoms with van der Waals surface area (Å²) in [6, 6.07) is 9.73. The number of primary sulfonamides is 1. The topological polar surface area (TPSA) is 98.5 Å². The number of hydrogen-bond acceptors (Lipinski definition) is 4. The molecule has 0 atom stereocenters. The van der Waals surface area contributed by atoms with Gasteiger partial charge in [0, 0.05) is 11.3 Å². The number of methoxy groups -OCH3 is 1. The van der Waals surface area contributed by atoms with E-state index in [1.54, 1.807) is 51.3 Å². The lowest BCUT2D eigenvalue weighted by Crippen LogP contribution is -2.17. The third-order valence-electron chi connectivity index (χ3n) is 3.54. The number of carbonyl (C=O) groups is 1. The molecule has 0 heterocycles. The zero-order valence-electron chi connectivity index (χ0n) is 13.1. The van der Waals surface area contributed by atoms with Crippen LogP contribution < -0.4 is 15.2 Å². The van der Waals surface area contributed by atoms with Gasteiger partial charge in [-0.3, -0.25) is 4.79 Å². The highest BCUT2D eigenvalue weighted by Crippen LogP contribution is 2.21. The summed E-state index contributed by atoms with van der Waals surface area (Å²) in [6.45, 7) is 3.38. The number of carbonyl (C=O) groups excluding carboxylic acids is 1. The molecule has 0 radical (unpaired) electrons. The van der Waals surface area contributed by atoms with Crippen LogP contribution in [0.25, 0.3) is 0 Å². The molecule has 0 aliphatic heterocycles. The number of benzene rings is 2. The summed E-state index contributed by atoms with van der Waals surface area (Å²) >= 11 is 0. The predicted octanol–water partition coefficient (Wildman–Crippen LogP) is 2.21. The number of ether oxygens (including phenoxy) is 1. The molecule has 0 saturated heterocycles. The van der Waals surface area contributed by atoms with Gasteiger partial charge >= 0.3 is 0 Å². The number of anilines is 1. The van der Waals surface area contributed by atoms with Gasteiger partial charge in [-0.1, -0.05) is 0 Å². The molecule has 0 aromatic heterocycles. The summed E-state index contributed by atoms with van der Waals surface area (Å²) in [7, 11) is -2.34. The average molecular weight is 334 g/mol. The van der Waals surface area contributed by atoms with Gasteiger partial charge in [-0.15, -0.1) is 0 Å². The molecule has 0 unspecified atom stereocenters. The van der Waals surface area contributed by atoms with Crippen molar-refractivity contribution in [2.75, 3.05) is 12.4 Å². The summed E-state index contributed by atoms with van der Waals surface area (Å²) in [5, 5.41) is 7.91. The highest BCUT2D eigenvalue weighted by atomic mass is 32.2. The number of nitrogens with one attached hydrogen (secondary N) is 1. The molecule has 2 aromatic rings. The molecule has 6 nitrogen and oxygen atoms in total. The summed E-state index contributed by atoms with van der Waals surface area (Å²) < 4.78 is 28.3. The number of rotatable bonds is 4. The Bertz CT molecular complexity index is 843. The van der Waals surface area contributed by atoms with E-state index >= 15 is 0 Å². The molecule has 0 bridgehead atoms. The van der Waals surface area contributed by atoms with E-state index in [4.69, 9.17) is 9.88 Å². The minimum atomic E-state index is -3.89. The Kier molecular flexibility index (Phi) is 4.72. The van der Waals surface area contributed by atoms with Gasteiger partial charge in [-0.05, 0) is 61.4 Å². The molecule has 23 heavy (non-hydrogen) atoms. The van der Waals surface area contributed by atoms with E-state index in [-0.39, 0.29) is 10.5 Å². The van der Waals surface area contributed by atoms with Crippen LogP contribution in [0.2, 0.25) is 0 Å². The van der Waals surface area contributed by atoms with E-state index in [1.165, 1.54) is 6.07 Å². The molecule has 1 amide bonds. The molecule has 0 fully saturated rings. The lowest BCUT2D eigenvalue weighted by Gasteiger charge is -2.11. The van der Waals surface area contributed by atoms with Gasteiger partial charge in [-0.25, -0.2) is 13.6 Å². The Morgan fingerprint density at radius 1 is 1.13 bits per heavy atom. The third kappa shape index (κ3) is 3.88. The van der Waals surface area contributed by atoms with Crippen LogP contribution in [0.3, 0.4) is 0 Å². The van der Waals surface area contributed by atoms with Gasteiger partial charge in [0.05, 0.1) is 12.0 Å². The van der Waals surface area contributed by atoms with E-state index in [2.05, 4.69) is 5.32 Å². The first-order valence-electron chi connectivity index (χ1n) is 6.82. The van der Waals surface area contributed by atoms with E-state index in [1.807, 2.05) is 0 Å². The quantitative estimate of drug-likeness (QED) is 0.895. The Morgan fingerprint density at radius 2 is 1.74 bits per heavy atom. The van der Waals surface area contributed by atoms with Crippen LogP contribution in [0.1, 0.15) is 21.5 Å². The van der Waals surface area contributed by atoms with Crippen molar-refractivity contribution in [3.63, 3.8) is 0 Å². The van der Waals surface area contributed by atoms with Crippen molar-refractivity contribution in [2.24, 2.45) is 5.14 Å². The molecule has 0 spiro atoms. The second kappa shape index (κ2) is 6.39. The number of nitrogens with two attached hydrogens (primary N) is 1. The van der Waals surface area contributed by atoms with Crippen LogP contribution in [0, 0.1) is 13.8 Å². The van der Waals surface area contributed by atoms with E-state index in [0.717, 1.165) is 0 Å². The molecule has 3 N–H and O–H groups in total. The number of amides is 1. The predicted molar refractivity (Wildman–Crippen MR) is 88.2 cm³/mol. The fourth-order valence-corrected chi connectivity index (χ4v) is 3.01. The lowest BCUT2D eigenvalue weighted by atomic mass is 10.1. The molecule has 2 rings (SSSR count). The smallest absolute Gasteiger partial charge is 0.255 e. The third-order valence-corrected chi connectivity index (χ3v) is 4.57.